The van der Waals surface area contributed by atoms with E-state index in [0.29, 0.717) is 23.2 Å². The van der Waals surface area contributed by atoms with Crippen molar-refractivity contribution in [3.63, 3.8) is 0 Å². The number of hydrogen-bond donors (Lipinski definition) is 1. The van der Waals surface area contributed by atoms with Gasteiger partial charge in [-0.25, -0.2) is 4.68 Å². The lowest BCUT2D eigenvalue weighted by Gasteiger charge is -2.26. The van der Waals surface area contributed by atoms with Gasteiger partial charge in [0.25, 0.3) is 0 Å². The quantitative estimate of drug-likeness (QED) is 0.860. The third-order valence-corrected chi connectivity index (χ3v) is 3.72. The van der Waals surface area contributed by atoms with Crippen LogP contribution in [0.25, 0.3) is 0 Å². The second kappa shape index (κ2) is 5.17. The Labute approximate surface area is 118 Å². The molecule has 5 heteroatoms. The summed E-state index contributed by atoms with van der Waals surface area (Å²) in [5.74, 6) is 0.394. The minimum Gasteiger partial charge on any atom is -0.312 e. The van der Waals surface area contributed by atoms with Crippen molar-refractivity contribution in [1.29, 1.82) is 0 Å². The number of carbonyl (C=O) groups is 1. The van der Waals surface area contributed by atoms with E-state index < -0.39 is 0 Å². The van der Waals surface area contributed by atoms with Crippen LogP contribution in [-0.2, 0) is 0 Å². The molecule has 20 heavy (non-hydrogen) atoms. The van der Waals surface area contributed by atoms with Gasteiger partial charge in [-0.05, 0) is 11.5 Å². The van der Waals surface area contributed by atoms with Crippen molar-refractivity contribution < 1.29 is 4.79 Å². The van der Waals surface area contributed by atoms with Gasteiger partial charge in [-0.15, -0.1) is 5.10 Å². The molecule has 1 aromatic carbocycles. The first kappa shape index (κ1) is 13.0. The van der Waals surface area contributed by atoms with Crippen molar-refractivity contribution in [2.75, 3.05) is 13.1 Å². The van der Waals surface area contributed by atoms with Gasteiger partial charge in [-0.3, -0.25) is 4.79 Å². The van der Waals surface area contributed by atoms with Gasteiger partial charge in [0.15, 0.2) is 5.69 Å². The molecule has 2 heterocycles. The van der Waals surface area contributed by atoms with Crippen molar-refractivity contribution in [1.82, 2.24) is 20.3 Å². The maximum Gasteiger partial charge on any atom is 0.214 e. The molecule has 104 valence electrons. The van der Waals surface area contributed by atoms with Gasteiger partial charge in [0.2, 0.25) is 5.78 Å². The van der Waals surface area contributed by atoms with E-state index in [1.54, 1.807) is 10.9 Å². The lowest BCUT2D eigenvalue weighted by atomic mass is 10.00. The summed E-state index contributed by atoms with van der Waals surface area (Å²) in [7, 11) is 0. The maximum atomic E-state index is 12.3. The van der Waals surface area contributed by atoms with E-state index in [0.717, 1.165) is 13.1 Å². The predicted octanol–water partition coefficient (Wildman–Crippen LogP) is 1.78. The Balaban J connectivity index is 1.79. The van der Waals surface area contributed by atoms with Crippen LogP contribution in [0.4, 0.5) is 0 Å². The molecule has 1 N–H and O–H groups in total. The Morgan fingerprint density at radius 3 is 2.55 bits per heavy atom. The molecule has 2 aromatic rings. The molecule has 0 spiro atoms. The zero-order valence-corrected chi connectivity index (χ0v) is 11.7. The van der Waals surface area contributed by atoms with Crippen molar-refractivity contribution in [3.05, 3.63) is 47.3 Å². The van der Waals surface area contributed by atoms with Gasteiger partial charge in [0, 0.05) is 18.7 Å². The minimum absolute atomic E-state index is 0.0705. The van der Waals surface area contributed by atoms with Gasteiger partial charge >= 0.3 is 0 Å². The maximum absolute atomic E-state index is 12.3. The van der Waals surface area contributed by atoms with Gasteiger partial charge in [0.05, 0.1) is 12.2 Å². The lowest BCUT2D eigenvalue weighted by Crippen LogP contribution is -2.43. The molecule has 0 atom stereocenters. The van der Waals surface area contributed by atoms with E-state index in [9.17, 15) is 4.79 Å². The van der Waals surface area contributed by atoms with Crippen LogP contribution in [0.1, 0.15) is 47.4 Å². The average molecular weight is 270 g/mol. The summed E-state index contributed by atoms with van der Waals surface area (Å²) in [5.41, 5.74) is 2.30. The number of aromatic nitrogens is 3. The molecule has 0 aliphatic carbocycles. The van der Waals surface area contributed by atoms with Crippen LogP contribution in [0.15, 0.2) is 30.5 Å². The van der Waals surface area contributed by atoms with Crippen LogP contribution >= 0.6 is 0 Å². The smallest absolute Gasteiger partial charge is 0.214 e. The molecule has 0 bridgehead atoms. The Hall–Kier alpha value is -2.01. The summed E-state index contributed by atoms with van der Waals surface area (Å²) in [6.07, 6.45) is 1.74. The molecule has 1 aliphatic heterocycles. The van der Waals surface area contributed by atoms with E-state index in [-0.39, 0.29) is 5.78 Å². The second-order valence-corrected chi connectivity index (χ2v) is 5.50. The average Bonchev–Trinajstić information content (AvgIpc) is 2.85. The van der Waals surface area contributed by atoms with Gasteiger partial charge in [-0.1, -0.05) is 43.3 Å². The molecule has 0 radical (unpaired) electrons. The largest absolute Gasteiger partial charge is 0.312 e. The highest BCUT2D eigenvalue weighted by molar-refractivity contribution is 6.07. The zero-order chi connectivity index (χ0) is 14.1. The van der Waals surface area contributed by atoms with Crippen LogP contribution in [-0.4, -0.2) is 33.9 Å². The van der Waals surface area contributed by atoms with Crippen molar-refractivity contribution >= 4 is 5.78 Å². The summed E-state index contributed by atoms with van der Waals surface area (Å²) < 4.78 is 1.77. The Morgan fingerprint density at radius 1 is 1.30 bits per heavy atom. The number of carbonyl (C=O) groups excluding carboxylic acids is 1. The van der Waals surface area contributed by atoms with E-state index in [1.807, 2.05) is 24.3 Å². The lowest BCUT2D eigenvalue weighted by molar-refractivity contribution is 0.103. The monoisotopic (exact) mass is 270 g/mol. The van der Waals surface area contributed by atoms with Gasteiger partial charge < -0.3 is 5.32 Å². The highest BCUT2D eigenvalue weighted by atomic mass is 16.1. The molecule has 5 nitrogen and oxygen atoms in total. The molecule has 0 saturated carbocycles. The molecule has 0 amide bonds. The Bertz CT molecular complexity index is 611. The number of nitrogens with zero attached hydrogens (tertiary/aromatic N) is 3. The van der Waals surface area contributed by atoms with Crippen molar-refractivity contribution in [3.8, 4) is 0 Å². The first-order valence-electron chi connectivity index (χ1n) is 6.92. The first-order valence-corrected chi connectivity index (χ1v) is 6.92. The fraction of sp³-hybridized carbons (Fsp3) is 0.400. The summed E-state index contributed by atoms with van der Waals surface area (Å²) in [5, 5.41) is 11.2. The molecule has 3 rings (SSSR count). The number of ketones is 1. The normalized spacial score (nSPS) is 15.3. The van der Waals surface area contributed by atoms with E-state index >= 15 is 0 Å². The summed E-state index contributed by atoms with van der Waals surface area (Å²) in [6, 6.07) is 8.05. The minimum atomic E-state index is -0.0705. The fourth-order valence-electron chi connectivity index (χ4n) is 2.19. The summed E-state index contributed by atoms with van der Waals surface area (Å²) >= 11 is 0. The highest BCUT2D eigenvalue weighted by Gasteiger charge is 2.22. The molecule has 0 unspecified atom stereocenters. The van der Waals surface area contributed by atoms with Gasteiger partial charge in [-0.2, -0.15) is 0 Å². The topological polar surface area (TPSA) is 59.8 Å². The van der Waals surface area contributed by atoms with Crippen LogP contribution in [0.3, 0.4) is 0 Å². The molecule has 1 aromatic heterocycles. The summed E-state index contributed by atoms with van der Waals surface area (Å²) in [4.78, 5) is 12.3. The van der Waals surface area contributed by atoms with Gasteiger partial charge in [0.1, 0.15) is 0 Å². The number of benzene rings is 1. The SMILES string of the molecule is CC(C)c1ccc(C(=O)c2cn(C3CNC3)nn2)cc1. The third kappa shape index (κ3) is 2.36. The van der Waals surface area contributed by atoms with Crippen LogP contribution < -0.4 is 5.32 Å². The molecule has 1 fully saturated rings. The fourth-order valence-corrected chi connectivity index (χ4v) is 2.19. The molecular formula is C15H18N4O. The highest BCUT2D eigenvalue weighted by Crippen LogP contribution is 2.17. The Morgan fingerprint density at radius 2 is 2.00 bits per heavy atom. The third-order valence-electron chi connectivity index (χ3n) is 3.72. The standard InChI is InChI=1S/C15H18N4O/c1-10(2)11-3-5-12(6-4-11)15(20)14-9-19(18-17-14)13-7-16-8-13/h3-6,9-10,13,16H,7-8H2,1-2H3. The number of rotatable bonds is 4. The van der Waals surface area contributed by atoms with E-state index in [4.69, 9.17) is 0 Å². The zero-order valence-electron chi connectivity index (χ0n) is 11.7. The predicted molar refractivity (Wildman–Crippen MR) is 75.9 cm³/mol. The summed E-state index contributed by atoms with van der Waals surface area (Å²) in [6.45, 7) is 6.05. The second-order valence-electron chi connectivity index (χ2n) is 5.50. The van der Waals surface area contributed by atoms with Crippen molar-refractivity contribution in [2.45, 2.75) is 25.8 Å². The van der Waals surface area contributed by atoms with E-state index in [2.05, 4.69) is 29.5 Å². The van der Waals surface area contributed by atoms with Crippen LogP contribution in [0, 0.1) is 0 Å². The Kier molecular flexibility index (Phi) is 3.36. The van der Waals surface area contributed by atoms with E-state index in [1.165, 1.54) is 5.56 Å². The molecular weight excluding hydrogens is 252 g/mol. The van der Waals surface area contributed by atoms with Crippen molar-refractivity contribution in [2.24, 2.45) is 0 Å². The van der Waals surface area contributed by atoms with Crippen LogP contribution in [0.2, 0.25) is 0 Å². The first-order chi connectivity index (χ1) is 9.65. The number of nitrogens with one attached hydrogen (secondary N) is 1. The molecule has 1 aliphatic rings. The number of hydrogen-bond acceptors (Lipinski definition) is 4. The van der Waals surface area contributed by atoms with Crippen LogP contribution in [0.5, 0.6) is 0 Å². The molecule has 1 saturated heterocycles.